The highest BCUT2D eigenvalue weighted by Gasteiger charge is 2.45. The average Bonchev–Trinajstić information content (AvgIpc) is 3.13. The number of allylic oxidation sites excluding steroid dienone is 1. The number of carbonyl (C=O) groups is 1. The molecule has 3 N–H and O–H groups in total. The molecule has 0 aliphatic heterocycles. The van der Waals surface area contributed by atoms with Crippen molar-refractivity contribution in [1.29, 1.82) is 0 Å². The van der Waals surface area contributed by atoms with Crippen molar-refractivity contribution in [3.05, 3.63) is 11.6 Å². The van der Waals surface area contributed by atoms with Crippen molar-refractivity contribution in [1.82, 2.24) is 0 Å². The number of aliphatic hydroxyl groups excluding tert-OH is 2. The van der Waals surface area contributed by atoms with E-state index in [9.17, 15) is 15.0 Å². The van der Waals surface area contributed by atoms with Gasteiger partial charge in [-0.2, -0.15) is 0 Å². The fourth-order valence-electron chi connectivity index (χ4n) is 3.95. The Hall–Kier alpha value is -1.79. The van der Waals surface area contributed by atoms with E-state index in [4.69, 9.17) is 9.84 Å². The van der Waals surface area contributed by atoms with E-state index >= 15 is 0 Å². The van der Waals surface area contributed by atoms with Crippen LogP contribution in [0.5, 0.6) is 0 Å². The standard InChI is InChI=1S/C22H30O5/c1-3-4-5-6-15(2)20(23)8-7-18-19-12-16(9-10-27-14-22(25)26)11-17(19)13-21(18)24/h9,15,17-21,23-24H,3,6,10-14H2,1-2H3,(H,25,26)/b16-9+. The maximum atomic E-state index is 10.5. The van der Waals surface area contributed by atoms with E-state index in [2.05, 4.69) is 23.7 Å². The van der Waals surface area contributed by atoms with Crippen LogP contribution in [-0.4, -0.2) is 46.7 Å². The lowest BCUT2D eigenvalue weighted by Crippen LogP contribution is -2.19. The molecule has 6 atom stereocenters. The molecule has 2 fully saturated rings. The van der Waals surface area contributed by atoms with Crippen LogP contribution in [0, 0.1) is 47.4 Å². The minimum absolute atomic E-state index is 0.0173. The van der Waals surface area contributed by atoms with Gasteiger partial charge in [0.15, 0.2) is 0 Å². The van der Waals surface area contributed by atoms with Crippen LogP contribution in [0.3, 0.4) is 0 Å². The number of carboxylic acid groups (broad SMARTS) is 1. The molecule has 6 unspecified atom stereocenters. The number of hydrogen-bond acceptors (Lipinski definition) is 4. The minimum Gasteiger partial charge on any atom is -0.480 e. The Morgan fingerprint density at radius 3 is 2.85 bits per heavy atom. The first-order chi connectivity index (χ1) is 12.9. The molecule has 0 aromatic heterocycles. The zero-order valence-corrected chi connectivity index (χ0v) is 16.1. The summed E-state index contributed by atoms with van der Waals surface area (Å²) in [7, 11) is 0. The maximum absolute atomic E-state index is 10.5. The lowest BCUT2D eigenvalue weighted by Gasteiger charge is -2.16. The van der Waals surface area contributed by atoms with Crippen LogP contribution in [0.4, 0.5) is 0 Å². The van der Waals surface area contributed by atoms with Crippen LogP contribution in [0.25, 0.3) is 0 Å². The molecule has 0 saturated heterocycles. The summed E-state index contributed by atoms with van der Waals surface area (Å²) in [5, 5.41) is 29.2. The molecule has 27 heavy (non-hydrogen) atoms. The van der Waals surface area contributed by atoms with Gasteiger partial charge in [-0.15, -0.1) is 11.8 Å². The molecule has 0 spiro atoms. The molecule has 5 nitrogen and oxygen atoms in total. The molecule has 2 rings (SSSR count). The smallest absolute Gasteiger partial charge is 0.329 e. The van der Waals surface area contributed by atoms with Gasteiger partial charge in [-0.05, 0) is 31.1 Å². The van der Waals surface area contributed by atoms with Crippen molar-refractivity contribution in [2.24, 2.45) is 23.7 Å². The number of fused-ring (bicyclic) bond motifs is 1. The summed E-state index contributed by atoms with van der Waals surface area (Å²) in [4.78, 5) is 10.5. The van der Waals surface area contributed by atoms with Gasteiger partial charge in [0.2, 0.25) is 0 Å². The average molecular weight is 374 g/mol. The van der Waals surface area contributed by atoms with Crippen molar-refractivity contribution in [2.75, 3.05) is 13.2 Å². The Labute approximate surface area is 161 Å². The van der Waals surface area contributed by atoms with E-state index < -0.39 is 18.2 Å². The monoisotopic (exact) mass is 374 g/mol. The maximum Gasteiger partial charge on any atom is 0.329 e. The minimum atomic E-state index is -0.969. The van der Waals surface area contributed by atoms with Gasteiger partial charge in [-0.25, -0.2) is 4.79 Å². The number of rotatable bonds is 6. The molecule has 0 bridgehead atoms. The zero-order valence-electron chi connectivity index (χ0n) is 16.1. The molecule has 0 amide bonds. The Morgan fingerprint density at radius 2 is 2.15 bits per heavy atom. The normalized spacial score (nSPS) is 30.0. The largest absolute Gasteiger partial charge is 0.480 e. The first-order valence-electron chi connectivity index (χ1n) is 9.72. The van der Waals surface area contributed by atoms with Gasteiger partial charge >= 0.3 is 5.97 Å². The summed E-state index contributed by atoms with van der Waals surface area (Å²) in [6.07, 6.45) is 4.69. The van der Waals surface area contributed by atoms with E-state index in [0.717, 1.165) is 25.7 Å². The molecular formula is C22H30O5. The predicted molar refractivity (Wildman–Crippen MR) is 102 cm³/mol. The Bertz CT molecular complexity index is 660. The molecular weight excluding hydrogens is 344 g/mol. The van der Waals surface area contributed by atoms with E-state index in [1.165, 1.54) is 5.57 Å². The SMILES string of the molecule is CCC#CCC(C)C(O)C#CC1C(O)CC2C/C(=C\COCC(=O)O)CC21. The van der Waals surface area contributed by atoms with Crippen molar-refractivity contribution in [3.8, 4) is 23.7 Å². The lowest BCUT2D eigenvalue weighted by atomic mass is 9.91. The Morgan fingerprint density at radius 1 is 1.37 bits per heavy atom. The second kappa shape index (κ2) is 10.5. The second-order valence-electron chi connectivity index (χ2n) is 7.55. The Kier molecular flexibility index (Phi) is 8.38. The molecule has 2 saturated carbocycles. The summed E-state index contributed by atoms with van der Waals surface area (Å²) in [6, 6.07) is 0. The fourth-order valence-corrected chi connectivity index (χ4v) is 3.95. The van der Waals surface area contributed by atoms with Crippen LogP contribution in [0.15, 0.2) is 11.6 Å². The summed E-state index contributed by atoms with van der Waals surface area (Å²) in [6.45, 7) is 3.94. The van der Waals surface area contributed by atoms with Crippen molar-refractivity contribution in [3.63, 3.8) is 0 Å². The third kappa shape index (κ3) is 6.40. The van der Waals surface area contributed by atoms with Gasteiger partial charge < -0.3 is 20.1 Å². The quantitative estimate of drug-likeness (QED) is 0.377. The molecule has 0 heterocycles. The molecule has 2 aliphatic rings. The van der Waals surface area contributed by atoms with Crippen LogP contribution >= 0.6 is 0 Å². The summed E-state index contributed by atoms with van der Waals surface area (Å²) >= 11 is 0. The van der Waals surface area contributed by atoms with E-state index in [1.807, 2.05) is 19.9 Å². The zero-order chi connectivity index (χ0) is 19.8. The van der Waals surface area contributed by atoms with Crippen molar-refractivity contribution in [2.45, 2.75) is 58.2 Å². The summed E-state index contributed by atoms with van der Waals surface area (Å²) < 4.78 is 5.08. The first kappa shape index (κ1) is 21.5. The van der Waals surface area contributed by atoms with Crippen LogP contribution in [0.1, 0.15) is 46.0 Å². The Balaban J connectivity index is 1.91. The third-order valence-electron chi connectivity index (χ3n) is 5.43. The third-order valence-corrected chi connectivity index (χ3v) is 5.43. The highest BCUT2D eigenvalue weighted by Crippen LogP contribution is 2.49. The topological polar surface area (TPSA) is 87.0 Å². The second-order valence-corrected chi connectivity index (χ2v) is 7.55. The van der Waals surface area contributed by atoms with Crippen LogP contribution in [-0.2, 0) is 9.53 Å². The van der Waals surface area contributed by atoms with E-state index in [1.54, 1.807) is 0 Å². The van der Waals surface area contributed by atoms with Gasteiger partial charge in [0.05, 0.1) is 12.7 Å². The fraction of sp³-hybridized carbons (Fsp3) is 0.682. The summed E-state index contributed by atoms with van der Waals surface area (Å²) in [5.41, 5.74) is 1.25. The van der Waals surface area contributed by atoms with Crippen LogP contribution in [0.2, 0.25) is 0 Å². The highest BCUT2D eigenvalue weighted by molar-refractivity contribution is 5.68. The molecule has 0 radical (unpaired) electrons. The number of aliphatic carboxylic acids is 1. The number of carboxylic acids is 1. The van der Waals surface area contributed by atoms with E-state index in [0.29, 0.717) is 24.9 Å². The van der Waals surface area contributed by atoms with Gasteiger partial charge in [-0.3, -0.25) is 0 Å². The van der Waals surface area contributed by atoms with Crippen molar-refractivity contribution < 1.29 is 24.9 Å². The molecule has 148 valence electrons. The highest BCUT2D eigenvalue weighted by atomic mass is 16.5. The lowest BCUT2D eigenvalue weighted by molar-refractivity contribution is -0.141. The van der Waals surface area contributed by atoms with E-state index in [-0.39, 0.29) is 18.4 Å². The first-order valence-corrected chi connectivity index (χ1v) is 9.72. The van der Waals surface area contributed by atoms with Gasteiger partial charge in [-0.1, -0.05) is 37.3 Å². The van der Waals surface area contributed by atoms with Crippen LogP contribution < -0.4 is 0 Å². The molecule has 0 aromatic carbocycles. The van der Waals surface area contributed by atoms with Gasteiger partial charge in [0.1, 0.15) is 12.7 Å². The number of aliphatic hydroxyl groups is 2. The number of hydrogen-bond donors (Lipinski definition) is 3. The molecule has 2 aliphatic carbocycles. The number of ether oxygens (including phenoxy) is 1. The molecule has 0 aromatic rings. The van der Waals surface area contributed by atoms with Gasteiger partial charge in [0.25, 0.3) is 0 Å². The van der Waals surface area contributed by atoms with Crippen molar-refractivity contribution >= 4 is 5.97 Å². The van der Waals surface area contributed by atoms with Gasteiger partial charge in [0, 0.05) is 24.7 Å². The molecule has 5 heteroatoms. The predicted octanol–water partition coefficient (Wildman–Crippen LogP) is 2.22. The summed E-state index contributed by atoms with van der Waals surface area (Å²) in [5.74, 6) is 11.7.